The van der Waals surface area contributed by atoms with Gasteiger partial charge in [0.15, 0.2) is 0 Å². The van der Waals surface area contributed by atoms with Crippen LogP contribution in [0.2, 0.25) is 0 Å². The minimum absolute atomic E-state index is 0.237. The summed E-state index contributed by atoms with van der Waals surface area (Å²) < 4.78 is 5.53. The molecule has 1 aliphatic rings. The number of rotatable bonds is 2. The molecule has 0 bridgehead atoms. The molecular weight excluding hydrogens is 256 g/mol. The van der Waals surface area contributed by atoms with E-state index in [4.69, 9.17) is 10.00 Å². The molecule has 1 N–H and O–H groups in total. The van der Waals surface area contributed by atoms with Crippen molar-refractivity contribution in [3.63, 3.8) is 0 Å². The number of nitriles is 1. The Kier molecular flexibility index (Phi) is 3.96. The summed E-state index contributed by atoms with van der Waals surface area (Å²) in [5, 5.41) is 18.2. The van der Waals surface area contributed by atoms with Crippen LogP contribution in [0.3, 0.4) is 0 Å². The van der Waals surface area contributed by atoms with Crippen LogP contribution in [0.4, 0.5) is 4.79 Å². The summed E-state index contributed by atoms with van der Waals surface area (Å²) in [6.07, 6.45) is 0.377. The summed E-state index contributed by atoms with van der Waals surface area (Å²) in [6.45, 7) is 2.45. The third kappa shape index (κ3) is 2.75. The Morgan fingerprint density at radius 2 is 2.15 bits per heavy atom. The minimum Gasteiger partial charge on any atom is -0.465 e. The number of nitrogens with zero attached hydrogens (tertiary/aromatic N) is 2. The Morgan fingerprint density at radius 3 is 2.65 bits per heavy atom. The van der Waals surface area contributed by atoms with E-state index in [1.807, 2.05) is 19.1 Å². The summed E-state index contributed by atoms with van der Waals surface area (Å²) >= 11 is 0. The van der Waals surface area contributed by atoms with E-state index in [9.17, 15) is 9.90 Å². The van der Waals surface area contributed by atoms with Crippen LogP contribution in [0.15, 0.2) is 24.3 Å². The molecule has 1 amide bonds. The second-order valence-corrected chi connectivity index (χ2v) is 5.33. The van der Waals surface area contributed by atoms with Crippen LogP contribution in [0.5, 0.6) is 0 Å². The molecule has 0 saturated carbocycles. The number of carbonyl (C=O) groups is 1. The first kappa shape index (κ1) is 14.4. The van der Waals surface area contributed by atoms with Gasteiger partial charge in [-0.15, -0.1) is 0 Å². The number of likely N-dealkylation sites (tertiary alicyclic amines) is 1. The molecule has 5 heteroatoms. The van der Waals surface area contributed by atoms with Crippen molar-refractivity contribution in [1.82, 2.24) is 4.90 Å². The molecule has 0 spiro atoms. The lowest BCUT2D eigenvalue weighted by Crippen LogP contribution is -2.47. The van der Waals surface area contributed by atoms with Gasteiger partial charge in [0, 0.05) is 20.1 Å². The van der Waals surface area contributed by atoms with E-state index in [1.54, 1.807) is 19.2 Å². The molecule has 5 nitrogen and oxygen atoms in total. The van der Waals surface area contributed by atoms with E-state index in [0.717, 1.165) is 5.56 Å². The highest BCUT2D eigenvalue weighted by Crippen LogP contribution is 2.38. The number of ether oxygens (including phenoxy) is 1. The molecule has 106 valence electrons. The molecule has 0 aliphatic carbocycles. The van der Waals surface area contributed by atoms with Gasteiger partial charge in [-0.2, -0.15) is 5.26 Å². The summed E-state index contributed by atoms with van der Waals surface area (Å²) in [4.78, 5) is 12.8. The monoisotopic (exact) mass is 274 g/mol. The van der Waals surface area contributed by atoms with Gasteiger partial charge in [-0.1, -0.05) is 12.1 Å². The number of methoxy groups -OCH3 is 1. The Hall–Kier alpha value is -2.06. The predicted octanol–water partition coefficient (Wildman–Crippen LogP) is 2.78. The van der Waals surface area contributed by atoms with Crippen LogP contribution in [-0.4, -0.2) is 35.4 Å². The Morgan fingerprint density at radius 1 is 1.50 bits per heavy atom. The van der Waals surface area contributed by atoms with Gasteiger partial charge in [-0.25, -0.2) is 4.79 Å². The molecule has 2 atom stereocenters. The van der Waals surface area contributed by atoms with Crippen molar-refractivity contribution in [1.29, 1.82) is 5.26 Å². The van der Waals surface area contributed by atoms with E-state index in [0.29, 0.717) is 24.9 Å². The zero-order valence-electron chi connectivity index (χ0n) is 11.7. The van der Waals surface area contributed by atoms with Crippen molar-refractivity contribution in [2.75, 3.05) is 13.7 Å². The van der Waals surface area contributed by atoms with Gasteiger partial charge in [0.1, 0.15) is 0 Å². The average Bonchev–Trinajstić information content (AvgIpc) is 2.47. The number of piperidine rings is 1. The molecule has 1 saturated heterocycles. The fraction of sp³-hybridized carbons (Fsp3) is 0.467. The molecule has 1 aromatic rings. The molecule has 2 unspecified atom stereocenters. The van der Waals surface area contributed by atoms with Crippen molar-refractivity contribution >= 4 is 6.09 Å². The van der Waals surface area contributed by atoms with Gasteiger partial charge in [-0.05, 0) is 31.0 Å². The SMILES string of the molecule is COC1(C)CCN(C(=O)O)C(c2ccc(C#N)cc2)C1. The molecule has 2 rings (SSSR count). The third-order valence-corrected chi connectivity index (χ3v) is 4.05. The molecule has 1 aliphatic heterocycles. The van der Waals surface area contributed by atoms with E-state index < -0.39 is 6.09 Å². The highest BCUT2D eigenvalue weighted by Gasteiger charge is 2.39. The van der Waals surface area contributed by atoms with Gasteiger partial charge >= 0.3 is 6.09 Å². The largest absolute Gasteiger partial charge is 0.465 e. The van der Waals surface area contributed by atoms with Crippen molar-refractivity contribution in [3.05, 3.63) is 35.4 Å². The highest BCUT2D eigenvalue weighted by molar-refractivity contribution is 5.66. The number of carboxylic acid groups (broad SMARTS) is 1. The van der Waals surface area contributed by atoms with Crippen molar-refractivity contribution in [2.24, 2.45) is 0 Å². The van der Waals surface area contributed by atoms with Crippen LogP contribution >= 0.6 is 0 Å². The van der Waals surface area contributed by atoms with Crippen LogP contribution in [0, 0.1) is 11.3 Å². The van der Waals surface area contributed by atoms with Crippen LogP contribution < -0.4 is 0 Å². The molecular formula is C15H18N2O3. The summed E-state index contributed by atoms with van der Waals surface area (Å²) in [7, 11) is 1.66. The molecule has 1 aromatic carbocycles. The first-order chi connectivity index (χ1) is 9.49. The Balaban J connectivity index is 2.31. The standard InChI is InChI=1S/C15H18N2O3/c1-15(20-2)7-8-17(14(18)19)13(9-15)12-5-3-11(10-16)4-6-12/h3-6,13H,7-9H2,1-2H3,(H,18,19). The highest BCUT2D eigenvalue weighted by atomic mass is 16.5. The van der Waals surface area contributed by atoms with E-state index >= 15 is 0 Å². The molecule has 0 aromatic heterocycles. The van der Waals surface area contributed by atoms with Crippen molar-refractivity contribution < 1.29 is 14.6 Å². The first-order valence-corrected chi connectivity index (χ1v) is 6.54. The van der Waals surface area contributed by atoms with Gasteiger partial charge < -0.3 is 14.7 Å². The van der Waals surface area contributed by atoms with Gasteiger partial charge in [-0.3, -0.25) is 0 Å². The zero-order valence-corrected chi connectivity index (χ0v) is 11.7. The maximum Gasteiger partial charge on any atom is 0.407 e. The lowest BCUT2D eigenvalue weighted by Gasteiger charge is -2.43. The third-order valence-electron chi connectivity index (χ3n) is 4.05. The first-order valence-electron chi connectivity index (χ1n) is 6.54. The lowest BCUT2D eigenvalue weighted by molar-refractivity contribution is -0.0588. The Labute approximate surface area is 118 Å². The number of benzene rings is 1. The number of amides is 1. The predicted molar refractivity (Wildman–Crippen MR) is 73.3 cm³/mol. The van der Waals surface area contributed by atoms with Crippen LogP contribution in [-0.2, 0) is 4.74 Å². The van der Waals surface area contributed by atoms with Crippen LogP contribution in [0.25, 0.3) is 0 Å². The van der Waals surface area contributed by atoms with Gasteiger partial charge in [0.25, 0.3) is 0 Å². The van der Waals surface area contributed by atoms with E-state index in [-0.39, 0.29) is 11.6 Å². The maximum atomic E-state index is 11.4. The van der Waals surface area contributed by atoms with Crippen molar-refractivity contribution in [3.8, 4) is 6.07 Å². The molecule has 0 radical (unpaired) electrons. The average molecular weight is 274 g/mol. The minimum atomic E-state index is -0.919. The zero-order chi connectivity index (χ0) is 14.8. The molecule has 1 fully saturated rings. The van der Waals surface area contributed by atoms with Crippen LogP contribution in [0.1, 0.15) is 36.9 Å². The molecule has 1 heterocycles. The van der Waals surface area contributed by atoms with E-state index in [2.05, 4.69) is 6.07 Å². The van der Waals surface area contributed by atoms with Gasteiger partial charge in [0.2, 0.25) is 0 Å². The number of hydrogen-bond donors (Lipinski definition) is 1. The van der Waals surface area contributed by atoms with Crippen molar-refractivity contribution in [2.45, 2.75) is 31.4 Å². The lowest BCUT2D eigenvalue weighted by atomic mass is 9.84. The summed E-state index contributed by atoms with van der Waals surface area (Å²) in [5.74, 6) is 0. The topological polar surface area (TPSA) is 73.6 Å². The molecule has 20 heavy (non-hydrogen) atoms. The maximum absolute atomic E-state index is 11.4. The fourth-order valence-corrected chi connectivity index (χ4v) is 2.63. The normalized spacial score (nSPS) is 26.1. The van der Waals surface area contributed by atoms with E-state index in [1.165, 1.54) is 4.90 Å². The smallest absolute Gasteiger partial charge is 0.407 e. The Bertz CT molecular complexity index is 535. The van der Waals surface area contributed by atoms with Gasteiger partial charge in [0.05, 0.1) is 23.3 Å². The second-order valence-electron chi connectivity index (χ2n) is 5.33. The number of hydrogen-bond acceptors (Lipinski definition) is 3. The summed E-state index contributed by atoms with van der Waals surface area (Å²) in [6, 6.07) is 8.90. The fourth-order valence-electron chi connectivity index (χ4n) is 2.63. The quantitative estimate of drug-likeness (QED) is 0.900. The second kappa shape index (κ2) is 5.51. The summed E-state index contributed by atoms with van der Waals surface area (Å²) in [5.41, 5.74) is 1.15.